The van der Waals surface area contributed by atoms with E-state index in [0.717, 1.165) is 56.1 Å². The van der Waals surface area contributed by atoms with Gasteiger partial charge in [-0.3, -0.25) is 4.79 Å². The number of ether oxygens (including phenoxy) is 1. The van der Waals surface area contributed by atoms with Crippen LogP contribution in [0.1, 0.15) is 68.6 Å². The number of hydrogen-bond acceptors (Lipinski definition) is 4. The summed E-state index contributed by atoms with van der Waals surface area (Å²) in [5.74, 6) is -0.185. The molecular formula is C24H31NO4. The minimum atomic E-state index is -0.991. The van der Waals surface area contributed by atoms with Gasteiger partial charge in [0.05, 0.1) is 12.8 Å². The van der Waals surface area contributed by atoms with Gasteiger partial charge >= 0.3 is 5.97 Å². The lowest BCUT2D eigenvalue weighted by Gasteiger charge is -2.54. The average molecular weight is 398 g/mol. The molecule has 5 nitrogen and oxygen atoms in total. The fourth-order valence-corrected chi connectivity index (χ4v) is 4.64. The number of aryl methyl sites for hydroxylation is 1. The van der Waals surface area contributed by atoms with Gasteiger partial charge in [-0.1, -0.05) is 32.3 Å². The first-order valence-corrected chi connectivity index (χ1v) is 10.6. The molecule has 5 heteroatoms. The molecular weight excluding hydrogens is 366 g/mol. The third-order valence-electron chi connectivity index (χ3n) is 6.23. The molecule has 29 heavy (non-hydrogen) atoms. The zero-order valence-electron chi connectivity index (χ0n) is 17.4. The van der Waals surface area contributed by atoms with E-state index in [-0.39, 0.29) is 5.54 Å². The van der Waals surface area contributed by atoms with Crippen molar-refractivity contribution in [2.24, 2.45) is 0 Å². The highest BCUT2D eigenvalue weighted by atomic mass is 16.5. The maximum absolute atomic E-state index is 11.6. The molecule has 3 rings (SSSR count). The molecule has 0 unspecified atom stereocenters. The fraction of sp³-hybridized carbons (Fsp3) is 0.500. The molecule has 1 aliphatic heterocycles. The van der Waals surface area contributed by atoms with Crippen molar-refractivity contribution >= 4 is 18.0 Å². The zero-order valence-corrected chi connectivity index (χ0v) is 17.4. The van der Waals surface area contributed by atoms with Crippen LogP contribution in [0.2, 0.25) is 0 Å². The third-order valence-corrected chi connectivity index (χ3v) is 6.23. The van der Waals surface area contributed by atoms with Gasteiger partial charge in [-0.2, -0.15) is 0 Å². The minimum Gasteiger partial charge on any atom is -0.496 e. The normalized spacial score (nSPS) is 18.7. The Morgan fingerprint density at radius 2 is 2.07 bits per heavy atom. The van der Waals surface area contributed by atoms with Crippen LogP contribution in [0, 0.1) is 0 Å². The number of carbonyl (C=O) groups is 2. The number of aldehydes is 1. The Hall–Kier alpha value is -2.56. The van der Waals surface area contributed by atoms with Crippen LogP contribution in [0.4, 0.5) is 0 Å². The molecule has 0 amide bonds. The van der Waals surface area contributed by atoms with E-state index in [1.165, 1.54) is 42.5 Å². The van der Waals surface area contributed by atoms with Crippen molar-refractivity contribution < 1.29 is 19.4 Å². The smallest absolute Gasteiger partial charge is 0.330 e. The number of benzene rings is 1. The molecule has 0 bridgehead atoms. The van der Waals surface area contributed by atoms with E-state index in [9.17, 15) is 14.7 Å². The van der Waals surface area contributed by atoms with Crippen molar-refractivity contribution in [3.63, 3.8) is 0 Å². The number of allylic oxidation sites excluding steroid dienone is 1. The SMILES string of the molecule is CCCCCCc1cc2c(cc1OC)/C(=C/C(=O)O)N(/C=C/C=O)C1(CCC1)C2. The summed E-state index contributed by atoms with van der Waals surface area (Å²) in [5.41, 5.74) is 3.76. The predicted molar refractivity (Wildman–Crippen MR) is 114 cm³/mol. The highest BCUT2D eigenvalue weighted by Gasteiger charge is 2.46. The number of carbonyl (C=O) groups excluding carboxylic acids is 1. The molecule has 1 aromatic rings. The van der Waals surface area contributed by atoms with Gasteiger partial charge < -0.3 is 14.7 Å². The van der Waals surface area contributed by atoms with Gasteiger partial charge in [-0.05, 0) is 61.8 Å². The Morgan fingerprint density at radius 3 is 2.66 bits per heavy atom. The lowest BCUT2D eigenvalue weighted by atomic mass is 9.68. The van der Waals surface area contributed by atoms with Crippen molar-refractivity contribution in [1.82, 2.24) is 4.90 Å². The minimum absolute atomic E-state index is 0.137. The Bertz CT molecular complexity index is 820. The maximum atomic E-state index is 11.6. The highest BCUT2D eigenvalue weighted by molar-refractivity contribution is 5.91. The standard InChI is InChI=1S/C24H31NO4/c1-3-4-5-6-9-18-14-19-17-24(10-7-11-24)25(12-8-13-26)21(16-23(27)28)20(19)15-22(18)29-2/h8,12-16H,3-7,9-11,17H2,1-2H3,(H,27,28)/b12-8+,21-16-. The number of fused-ring (bicyclic) bond motifs is 1. The number of nitrogens with zero attached hydrogens (tertiary/aromatic N) is 1. The fourth-order valence-electron chi connectivity index (χ4n) is 4.64. The lowest BCUT2D eigenvalue weighted by Crippen LogP contribution is -2.54. The topological polar surface area (TPSA) is 66.8 Å². The van der Waals surface area contributed by atoms with Crippen molar-refractivity contribution in [2.45, 2.75) is 70.3 Å². The molecule has 0 radical (unpaired) electrons. The Morgan fingerprint density at radius 1 is 1.28 bits per heavy atom. The second-order valence-electron chi connectivity index (χ2n) is 8.10. The first-order chi connectivity index (χ1) is 14.0. The molecule has 0 atom stereocenters. The molecule has 0 saturated heterocycles. The van der Waals surface area contributed by atoms with Crippen LogP contribution >= 0.6 is 0 Å². The van der Waals surface area contributed by atoms with Crippen LogP contribution in [-0.4, -0.2) is 34.9 Å². The summed E-state index contributed by atoms with van der Waals surface area (Å²) >= 11 is 0. The number of unbranched alkanes of at least 4 members (excludes halogenated alkanes) is 3. The van der Waals surface area contributed by atoms with Gasteiger partial charge in [0.1, 0.15) is 12.0 Å². The maximum Gasteiger partial charge on any atom is 0.330 e. The van der Waals surface area contributed by atoms with Gasteiger partial charge in [-0.15, -0.1) is 0 Å². The largest absolute Gasteiger partial charge is 0.496 e. The van der Waals surface area contributed by atoms with E-state index >= 15 is 0 Å². The molecule has 1 fully saturated rings. The van der Waals surface area contributed by atoms with E-state index in [1.54, 1.807) is 13.3 Å². The summed E-state index contributed by atoms with van der Waals surface area (Å²) in [6.07, 6.45) is 14.9. The Labute approximate surface area is 173 Å². The Balaban J connectivity index is 2.05. The first-order valence-electron chi connectivity index (χ1n) is 10.6. The van der Waals surface area contributed by atoms with Crippen molar-refractivity contribution in [3.8, 4) is 5.75 Å². The molecule has 1 heterocycles. The van der Waals surface area contributed by atoms with Crippen molar-refractivity contribution in [1.29, 1.82) is 0 Å². The predicted octanol–water partition coefficient (Wildman–Crippen LogP) is 4.74. The Kier molecular flexibility index (Phi) is 6.78. The molecule has 0 aromatic heterocycles. The number of rotatable bonds is 9. The molecule has 1 saturated carbocycles. The second kappa shape index (κ2) is 9.29. The summed E-state index contributed by atoms with van der Waals surface area (Å²) in [6.45, 7) is 2.21. The first kappa shape index (κ1) is 21.2. The van der Waals surface area contributed by atoms with Crippen LogP contribution in [0.3, 0.4) is 0 Å². The van der Waals surface area contributed by atoms with Gasteiger partial charge in [0.15, 0.2) is 0 Å². The molecule has 1 N–H and O–H groups in total. The van der Waals surface area contributed by atoms with E-state index in [2.05, 4.69) is 13.0 Å². The third kappa shape index (κ3) is 4.39. The molecule has 156 valence electrons. The van der Waals surface area contributed by atoms with E-state index < -0.39 is 5.97 Å². The molecule has 1 aromatic carbocycles. The van der Waals surface area contributed by atoms with Crippen LogP contribution in [0.5, 0.6) is 5.75 Å². The summed E-state index contributed by atoms with van der Waals surface area (Å²) in [7, 11) is 1.66. The second-order valence-corrected chi connectivity index (χ2v) is 8.10. The number of hydrogen-bond donors (Lipinski definition) is 1. The van der Waals surface area contributed by atoms with E-state index in [1.807, 2.05) is 11.0 Å². The number of methoxy groups -OCH3 is 1. The number of carboxylic acids is 1. The lowest BCUT2D eigenvalue weighted by molar-refractivity contribution is -0.131. The summed E-state index contributed by atoms with van der Waals surface area (Å²) in [6, 6.07) is 4.20. The van der Waals surface area contributed by atoms with Crippen LogP contribution in [-0.2, 0) is 22.4 Å². The number of aliphatic carboxylic acids is 1. The van der Waals surface area contributed by atoms with Gasteiger partial charge in [-0.25, -0.2) is 4.79 Å². The van der Waals surface area contributed by atoms with Crippen LogP contribution in [0.25, 0.3) is 5.70 Å². The summed E-state index contributed by atoms with van der Waals surface area (Å²) < 4.78 is 5.66. The van der Waals surface area contributed by atoms with Crippen molar-refractivity contribution in [3.05, 3.63) is 47.2 Å². The van der Waals surface area contributed by atoms with Crippen LogP contribution < -0.4 is 4.74 Å². The van der Waals surface area contributed by atoms with Crippen LogP contribution in [0.15, 0.2) is 30.5 Å². The van der Waals surface area contributed by atoms with E-state index in [4.69, 9.17) is 4.74 Å². The molecule has 1 aliphatic carbocycles. The zero-order chi connectivity index (χ0) is 20.9. The quantitative estimate of drug-likeness (QED) is 0.370. The average Bonchev–Trinajstić information content (AvgIpc) is 2.67. The number of carboxylic acid groups (broad SMARTS) is 1. The van der Waals surface area contributed by atoms with Crippen molar-refractivity contribution in [2.75, 3.05) is 7.11 Å². The highest BCUT2D eigenvalue weighted by Crippen LogP contribution is 2.50. The monoisotopic (exact) mass is 397 g/mol. The molecule has 2 aliphatic rings. The summed E-state index contributed by atoms with van der Waals surface area (Å²) in [5, 5.41) is 9.52. The van der Waals surface area contributed by atoms with E-state index in [0.29, 0.717) is 5.70 Å². The van der Waals surface area contributed by atoms with Gasteiger partial charge in [0, 0.05) is 23.4 Å². The summed E-state index contributed by atoms with van der Waals surface area (Å²) in [4.78, 5) is 24.6. The molecule has 1 spiro atoms. The van der Waals surface area contributed by atoms with Gasteiger partial charge in [0.2, 0.25) is 0 Å². The van der Waals surface area contributed by atoms with Gasteiger partial charge in [0.25, 0.3) is 0 Å².